The van der Waals surface area contributed by atoms with Crippen LogP contribution in [0.15, 0.2) is 47.4 Å². The Balaban J connectivity index is 1.29. The average Bonchev–Trinajstić information content (AvgIpc) is 2.81. The van der Waals surface area contributed by atoms with E-state index in [-0.39, 0.29) is 22.4 Å². The minimum atomic E-state index is -0.545. The summed E-state index contributed by atoms with van der Waals surface area (Å²) in [7, 11) is 1.62. The first-order valence-electron chi connectivity index (χ1n) is 11.5. The third-order valence-corrected chi connectivity index (χ3v) is 6.83. The fraction of sp³-hybridized carbons (Fsp3) is 0.400. The molecule has 0 saturated carbocycles. The molecule has 2 unspecified atom stereocenters. The Morgan fingerprint density at radius 1 is 1.12 bits per heavy atom. The molecule has 0 spiro atoms. The number of piperidine rings is 2. The van der Waals surface area contributed by atoms with Crippen LogP contribution in [0.1, 0.15) is 32.1 Å². The largest absolute Gasteiger partial charge is 0.507 e. The Morgan fingerprint density at radius 2 is 1.91 bits per heavy atom. The van der Waals surface area contributed by atoms with Gasteiger partial charge in [-0.3, -0.25) is 4.79 Å². The van der Waals surface area contributed by atoms with E-state index >= 15 is 0 Å². The number of phenolic OH excluding ortho intramolecular Hbond substituents is 1. The zero-order valence-electron chi connectivity index (χ0n) is 18.6. The van der Waals surface area contributed by atoms with Crippen molar-refractivity contribution in [2.24, 2.45) is 13.0 Å². The Morgan fingerprint density at radius 3 is 2.61 bits per heavy atom. The van der Waals surface area contributed by atoms with Gasteiger partial charge in [0.1, 0.15) is 17.4 Å². The quantitative estimate of drug-likeness (QED) is 0.550. The summed E-state index contributed by atoms with van der Waals surface area (Å²) < 4.78 is 16.3. The summed E-state index contributed by atoms with van der Waals surface area (Å²) in [6.07, 6.45) is 7.79. The topological polar surface area (TPSA) is 92.1 Å². The Kier molecular flexibility index (Phi) is 5.85. The van der Waals surface area contributed by atoms with Crippen molar-refractivity contribution in [1.82, 2.24) is 20.1 Å². The van der Waals surface area contributed by atoms with Crippen molar-refractivity contribution in [3.05, 3.63) is 58.8 Å². The SMILES string of the molecule is Cn1ccc(-c2cc(O)c(-c3ccc(NCC4CC5CCCC(C4)N5)nn3)cc2F)cc1=O. The molecule has 0 aliphatic carbocycles. The highest BCUT2D eigenvalue weighted by Crippen LogP contribution is 2.34. The highest BCUT2D eigenvalue weighted by molar-refractivity contribution is 5.74. The predicted molar refractivity (Wildman–Crippen MR) is 126 cm³/mol. The number of pyridine rings is 1. The van der Waals surface area contributed by atoms with Crippen LogP contribution in [0, 0.1) is 11.7 Å². The molecular weight excluding hydrogens is 421 g/mol. The van der Waals surface area contributed by atoms with E-state index in [1.165, 1.54) is 54.9 Å². The first-order chi connectivity index (χ1) is 16.0. The number of nitrogens with one attached hydrogen (secondary N) is 2. The molecule has 1 aromatic carbocycles. The van der Waals surface area contributed by atoms with Gasteiger partial charge in [-0.25, -0.2) is 4.39 Å². The number of aryl methyl sites for hydroxylation is 1. The molecule has 7 nitrogen and oxygen atoms in total. The molecule has 3 aromatic rings. The van der Waals surface area contributed by atoms with Gasteiger partial charge in [-0.05, 0) is 67.5 Å². The van der Waals surface area contributed by atoms with Gasteiger partial charge in [0.05, 0.1) is 5.69 Å². The monoisotopic (exact) mass is 449 g/mol. The minimum absolute atomic E-state index is 0.122. The molecule has 0 amide bonds. The van der Waals surface area contributed by atoms with E-state index in [9.17, 15) is 14.3 Å². The number of halogens is 1. The van der Waals surface area contributed by atoms with Crippen LogP contribution in [-0.2, 0) is 7.05 Å². The lowest BCUT2D eigenvalue weighted by molar-refractivity contribution is 0.192. The summed E-state index contributed by atoms with van der Waals surface area (Å²) in [6, 6.07) is 10.3. The second kappa shape index (κ2) is 8.94. The highest BCUT2D eigenvalue weighted by Gasteiger charge is 2.30. The lowest BCUT2D eigenvalue weighted by Gasteiger charge is -2.40. The zero-order chi connectivity index (χ0) is 22.9. The van der Waals surface area contributed by atoms with Crippen LogP contribution in [0.2, 0.25) is 0 Å². The Hall–Kier alpha value is -3.26. The van der Waals surface area contributed by atoms with E-state index in [2.05, 4.69) is 20.8 Å². The van der Waals surface area contributed by atoms with Crippen molar-refractivity contribution in [1.29, 1.82) is 0 Å². The summed E-state index contributed by atoms with van der Waals surface area (Å²) in [4.78, 5) is 11.9. The van der Waals surface area contributed by atoms with E-state index in [1.54, 1.807) is 31.4 Å². The summed E-state index contributed by atoms with van der Waals surface area (Å²) in [6.45, 7) is 0.855. The fourth-order valence-electron chi connectivity index (χ4n) is 5.07. The van der Waals surface area contributed by atoms with Gasteiger partial charge >= 0.3 is 0 Å². The van der Waals surface area contributed by atoms with Gasteiger partial charge < -0.3 is 20.3 Å². The number of aromatic nitrogens is 3. The van der Waals surface area contributed by atoms with Gasteiger partial charge in [0.2, 0.25) is 0 Å². The summed E-state index contributed by atoms with van der Waals surface area (Å²) in [5, 5.41) is 26.1. The van der Waals surface area contributed by atoms with E-state index in [4.69, 9.17) is 0 Å². The number of fused-ring (bicyclic) bond motifs is 2. The van der Waals surface area contributed by atoms with Crippen LogP contribution in [-0.4, -0.2) is 38.5 Å². The zero-order valence-corrected chi connectivity index (χ0v) is 18.6. The Labute approximate surface area is 191 Å². The summed E-state index contributed by atoms with van der Waals surface area (Å²) >= 11 is 0. The molecule has 2 aromatic heterocycles. The molecule has 8 heteroatoms. The number of hydrogen-bond acceptors (Lipinski definition) is 6. The molecule has 4 heterocycles. The van der Waals surface area contributed by atoms with Crippen LogP contribution in [0.5, 0.6) is 5.75 Å². The van der Waals surface area contributed by atoms with Crippen LogP contribution in [0.4, 0.5) is 10.2 Å². The molecule has 2 bridgehead atoms. The predicted octanol–water partition coefficient (Wildman–Crippen LogP) is 3.69. The van der Waals surface area contributed by atoms with E-state index in [0.29, 0.717) is 35.1 Å². The maximum absolute atomic E-state index is 14.9. The second-order valence-corrected chi connectivity index (χ2v) is 9.23. The van der Waals surface area contributed by atoms with Crippen molar-refractivity contribution >= 4 is 5.82 Å². The number of hydrogen-bond donors (Lipinski definition) is 3. The van der Waals surface area contributed by atoms with Crippen molar-refractivity contribution in [3.8, 4) is 28.1 Å². The van der Waals surface area contributed by atoms with Gasteiger partial charge in [0.25, 0.3) is 5.56 Å². The van der Waals surface area contributed by atoms with Crippen LogP contribution >= 0.6 is 0 Å². The molecule has 2 fully saturated rings. The van der Waals surface area contributed by atoms with Gasteiger partial charge in [0.15, 0.2) is 0 Å². The molecule has 0 radical (unpaired) electrons. The highest BCUT2D eigenvalue weighted by atomic mass is 19.1. The summed E-state index contributed by atoms with van der Waals surface area (Å²) in [5.41, 5.74) is 0.948. The number of benzene rings is 1. The molecule has 5 rings (SSSR count). The standard InChI is InChI=1S/C25H28FN5O2/c1-31-8-7-16(11-25(31)33)19-13-23(32)20(12-21(19)26)22-5-6-24(30-29-22)27-14-15-9-17-3-2-4-18(10-15)28-17/h5-8,11-13,15,17-18,28,32H,2-4,9-10,14H2,1H3,(H,27,30). The molecule has 2 aliphatic rings. The van der Waals surface area contributed by atoms with Gasteiger partial charge in [-0.2, -0.15) is 0 Å². The summed E-state index contributed by atoms with van der Waals surface area (Å²) in [5.74, 6) is 0.613. The second-order valence-electron chi connectivity index (χ2n) is 9.23. The van der Waals surface area contributed by atoms with Gasteiger partial charge in [-0.1, -0.05) is 6.42 Å². The van der Waals surface area contributed by atoms with Crippen LogP contribution in [0.25, 0.3) is 22.4 Å². The molecule has 2 atom stereocenters. The number of phenols is 1. The van der Waals surface area contributed by atoms with Gasteiger partial charge in [-0.15, -0.1) is 10.2 Å². The third-order valence-electron chi connectivity index (χ3n) is 6.83. The maximum Gasteiger partial charge on any atom is 0.250 e. The smallest absolute Gasteiger partial charge is 0.250 e. The third kappa shape index (κ3) is 4.61. The number of rotatable bonds is 5. The molecule has 2 aliphatic heterocycles. The maximum atomic E-state index is 14.9. The van der Waals surface area contributed by atoms with Crippen molar-refractivity contribution in [3.63, 3.8) is 0 Å². The van der Waals surface area contributed by atoms with Crippen molar-refractivity contribution in [2.75, 3.05) is 11.9 Å². The molecule has 3 N–H and O–H groups in total. The number of anilines is 1. The number of aromatic hydroxyl groups is 1. The lowest BCUT2D eigenvalue weighted by atomic mass is 9.80. The number of nitrogens with zero attached hydrogens (tertiary/aromatic N) is 3. The van der Waals surface area contributed by atoms with E-state index < -0.39 is 5.82 Å². The first-order valence-corrected chi connectivity index (χ1v) is 11.5. The average molecular weight is 450 g/mol. The minimum Gasteiger partial charge on any atom is -0.507 e. The van der Waals surface area contributed by atoms with Crippen LogP contribution < -0.4 is 16.2 Å². The molecule has 2 saturated heterocycles. The van der Waals surface area contributed by atoms with Crippen molar-refractivity contribution < 1.29 is 9.50 Å². The van der Waals surface area contributed by atoms with E-state index in [0.717, 1.165) is 6.54 Å². The first kappa shape index (κ1) is 21.6. The fourth-order valence-corrected chi connectivity index (χ4v) is 5.07. The lowest BCUT2D eigenvalue weighted by Crippen LogP contribution is -2.49. The molecule has 33 heavy (non-hydrogen) atoms. The molecular formula is C25H28FN5O2. The van der Waals surface area contributed by atoms with Crippen molar-refractivity contribution in [2.45, 2.75) is 44.2 Å². The normalized spacial score (nSPS) is 22.2. The van der Waals surface area contributed by atoms with Crippen LogP contribution in [0.3, 0.4) is 0 Å². The van der Waals surface area contributed by atoms with E-state index in [1.807, 2.05) is 0 Å². The van der Waals surface area contributed by atoms with Gasteiger partial charge in [0, 0.05) is 49.1 Å². The Bertz CT molecular complexity index is 1200. The molecule has 172 valence electrons.